The molecule has 0 radical (unpaired) electrons. The van der Waals surface area contributed by atoms with Gasteiger partial charge in [0.15, 0.2) is 0 Å². The molecule has 3 N–H and O–H groups in total. The SMILES string of the molecule is Cc1cccc(NC2CCN(S(N)(=O)=O)CC2)c1. The van der Waals surface area contributed by atoms with E-state index in [9.17, 15) is 8.42 Å². The molecule has 0 amide bonds. The lowest BCUT2D eigenvalue weighted by Crippen LogP contribution is -2.45. The van der Waals surface area contributed by atoms with Crippen LogP contribution in [0, 0.1) is 6.92 Å². The van der Waals surface area contributed by atoms with Crippen LogP contribution in [0.25, 0.3) is 0 Å². The summed E-state index contributed by atoms with van der Waals surface area (Å²) >= 11 is 0. The molecule has 0 bridgehead atoms. The summed E-state index contributed by atoms with van der Waals surface area (Å²) in [5.74, 6) is 0. The van der Waals surface area contributed by atoms with Crippen LogP contribution in [-0.2, 0) is 10.2 Å². The van der Waals surface area contributed by atoms with E-state index in [0.29, 0.717) is 19.1 Å². The number of hydrogen-bond donors (Lipinski definition) is 2. The zero-order valence-corrected chi connectivity index (χ0v) is 11.3. The minimum absolute atomic E-state index is 0.310. The summed E-state index contributed by atoms with van der Waals surface area (Å²) in [4.78, 5) is 0. The third kappa shape index (κ3) is 3.44. The lowest BCUT2D eigenvalue weighted by molar-refractivity contribution is 0.330. The molecule has 1 fully saturated rings. The van der Waals surface area contributed by atoms with E-state index in [0.717, 1.165) is 18.5 Å². The van der Waals surface area contributed by atoms with Gasteiger partial charge in [-0.25, -0.2) is 5.14 Å². The standard InChI is InChI=1S/C12H19N3O2S/c1-10-3-2-4-12(9-10)14-11-5-7-15(8-6-11)18(13,16)17/h2-4,9,11,14H,5-8H2,1H3,(H2,13,16,17). The van der Waals surface area contributed by atoms with Gasteiger partial charge in [-0.15, -0.1) is 0 Å². The summed E-state index contributed by atoms with van der Waals surface area (Å²) in [6, 6.07) is 8.49. The molecule has 1 aliphatic heterocycles. The average molecular weight is 269 g/mol. The Hall–Kier alpha value is -1.11. The molecule has 2 rings (SSSR count). The number of rotatable bonds is 3. The molecule has 1 aliphatic rings. The van der Waals surface area contributed by atoms with Crippen LogP contribution in [0.5, 0.6) is 0 Å². The fourth-order valence-electron chi connectivity index (χ4n) is 2.23. The van der Waals surface area contributed by atoms with E-state index in [1.807, 2.05) is 12.1 Å². The highest BCUT2D eigenvalue weighted by atomic mass is 32.2. The van der Waals surface area contributed by atoms with E-state index in [2.05, 4.69) is 24.4 Å². The Bertz CT molecular complexity index is 508. The molecule has 0 saturated carbocycles. The highest BCUT2D eigenvalue weighted by molar-refractivity contribution is 7.86. The van der Waals surface area contributed by atoms with E-state index < -0.39 is 10.2 Å². The Balaban J connectivity index is 1.91. The molecule has 0 aromatic heterocycles. The van der Waals surface area contributed by atoms with Gasteiger partial charge in [0.25, 0.3) is 10.2 Å². The van der Waals surface area contributed by atoms with Crippen molar-refractivity contribution < 1.29 is 8.42 Å². The normalized spacial score (nSPS) is 18.8. The van der Waals surface area contributed by atoms with E-state index in [4.69, 9.17) is 5.14 Å². The van der Waals surface area contributed by atoms with Crippen LogP contribution in [0.2, 0.25) is 0 Å². The van der Waals surface area contributed by atoms with Crippen molar-refractivity contribution in [2.45, 2.75) is 25.8 Å². The number of nitrogens with zero attached hydrogens (tertiary/aromatic N) is 1. The first kappa shape index (κ1) is 13.3. The fraction of sp³-hybridized carbons (Fsp3) is 0.500. The molecule has 1 aromatic rings. The van der Waals surface area contributed by atoms with E-state index in [1.165, 1.54) is 9.87 Å². The number of anilines is 1. The van der Waals surface area contributed by atoms with Crippen molar-refractivity contribution in [1.82, 2.24) is 4.31 Å². The van der Waals surface area contributed by atoms with E-state index >= 15 is 0 Å². The average Bonchev–Trinajstić information content (AvgIpc) is 2.28. The van der Waals surface area contributed by atoms with Crippen molar-refractivity contribution >= 4 is 15.9 Å². The maximum absolute atomic E-state index is 11.2. The molecule has 100 valence electrons. The molecule has 1 aromatic carbocycles. The molecular weight excluding hydrogens is 250 g/mol. The summed E-state index contributed by atoms with van der Waals surface area (Å²) in [7, 11) is -3.52. The molecule has 0 unspecified atom stereocenters. The van der Waals surface area contributed by atoms with E-state index in [-0.39, 0.29) is 0 Å². The monoisotopic (exact) mass is 269 g/mol. The molecule has 0 atom stereocenters. The Morgan fingerprint density at radius 1 is 1.33 bits per heavy atom. The van der Waals surface area contributed by atoms with Gasteiger partial charge in [-0.05, 0) is 37.5 Å². The van der Waals surface area contributed by atoms with Gasteiger partial charge in [-0.3, -0.25) is 0 Å². The van der Waals surface area contributed by atoms with Crippen LogP contribution in [0.15, 0.2) is 24.3 Å². The Morgan fingerprint density at radius 3 is 2.56 bits per heavy atom. The van der Waals surface area contributed by atoms with Gasteiger partial charge < -0.3 is 5.32 Å². The summed E-state index contributed by atoms with van der Waals surface area (Å²) in [6.45, 7) is 3.03. The second-order valence-electron chi connectivity index (χ2n) is 4.73. The number of nitrogens with one attached hydrogen (secondary N) is 1. The maximum atomic E-state index is 11.2. The second-order valence-corrected chi connectivity index (χ2v) is 6.28. The van der Waals surface area contributed by atoms with Crippen LogP contribution in [0.4, 0.5) is 5.69 Å². The number of benzene rings is 1. The smallest absolute Gasteiger partial charge is 0.276 e. The van der Waals surface area contributed by atoms with Gasteiger partial charge in [0.1, 0.15) is 0 Å². The highest BCUT2D eigenvalue weighted by Gasteiger charge is 2.25. The van der Waals surface area contributed by atoms with Gasteiger partial charge in [-0.2, -0.15) is 12.7 Å². The predicted octanol–water partition coefficient (Wildman–Crippen LogP) is 1.07. The second kappa shape index (κ2) is 5.26. The molecule has 1 saturated heterocycles. The van der Waals surface area contributed by atoms with E-state index in [1.54, 1.807) is 0 Å². The fourth-order valence-corrected chi connectivity index (χ4v) is 2.94. The third-order valence-corrected chi connectivity index (χ3v) is 4.29. The first-order valence-electron chi connectivity index (χ1n) is 6.06. The van der Waals surface area contributed by atoms with Crippen molar-refractivity contribution in [3.63, 3.8) is 0 Å². The summed E-state index contributed by atoms with van der Waals surface area (Å²) < 4.78 is 23.7. The van der Waals surface area contributed by atoms with Gasteiger partial charge in [0.2, 0.25) is 0 Å². The largest absolute Gasteiger partial charge is 0.382 e. The minimum atomic E-state index is -3.52. The number of hydrogen-bond acceptors (Lipinski definition) is 3. The van der Waals surface area contributed by atoms with Crippen molar-refractivity contribution in [1.29, 1.82) is 0 Å². The van der Waals surface area contributed by atoms with Crippen LogP contribution >= 0.6 is 0 Å². The number of piperidine rings is 1. The van der Waals surface area contributed by atoms with Crippen molar-refractivity contribution in [3.05, 3.63) is 29.8 Å². The minimum Gasteiger partial charge on any atom is -0.382 e. The zero-order valence-electron chi connectivity index (χ0n) is 10.5. The quantitative estimate of drug-likeness (QED) is 0.862. The zero-order chi connectivity index (χ0) is 13.2. The van der Waals surface area contributed by atoms with Gasteiger partial charge >= 0.3 is 0 Å². The summed E-state index contributed by atoms with van der Waals surface area (Å²) in [6.07, 6.45) is 1.56. The Kier molecular flexibility index (Phi) is 3.89. The topological polar surface area (TPSA) is 75.4 Å². The molecule has 0 spiro atoms. The van der Waals surface area contributed by atoms with Gasteiger partial charge in [0.05, 0.1) is 0 Å². The number of aryl methyl sites for hydroxylation is 1. The van der Waals surface area contributed by atoms with Gasteiger partial charge in [-0.1, -0.05) is 12.1 Å². The summed E-state index contributed by atoms with van der Waals surface area (Å²) in [5.41, 5.74) is 2.30. The molecule has 5 nitrogen and oxygen atoms in total. The van der Waals surface area contributed by atoms with Crippen LogP contribution in [-0.4, -0.2) is 31.9 Å². The number of nitrogens with two attached hydrogens (primary N) is 1. The lowest BCUT2D eigenvalue weighted by atomic mass is 10.1. The van der Waals surface area contributed by atoms with Crippen LogP contribution in [0.3, 0.4) is 0 Å². The Morgan fingerprint density at radius 2 is 2.00 bits per heavy atom. The van der Waals surface area contributed by atoms with Crippen molar-refractivity contribution in [3.8, 4) is 0 Å². The lowest BCUT2D eigenvalue weighted by Gasteiger charge is -2.30. The van der Waals surface area contributed by atoms with Crippen molar-refractivity contribution in [2.24, 2.45) is 5.14 Å². The van der Waals surface area contributed by atoms with Crippen LogP contribution < -0.4 is 10.5 Å². The first-order chi connectivity index (χ1) is 8.45. The molecule has 6 heteroatoms. The van der Waals surface area contributed by atoms with Gasteiger partial charge in [0, 0.05) is 24.8 Å². The highest BCUT2D eigenvalue weighted by Crippen LogP contribution is 2.18. The Labute approximate surface area is 108 Å². The first-order valence-corrected chi connectivity index (χ1v) is 7.56. The molecule has 0 aliphatic carbocycles. The van der Waals surface area contributed by atoms with Crippen LogP contribution in [0.1, 0.15) is 18.4 Å². The summed E-state index contributed by atoms with van der Waals surface area (Å²) in [5, 5.41) is 8.54. The maximum Gasteiger partial charge on any atom is 0.276 e. The third-order valence-electron chi connectivity index (χ3n) is 3.20. The molecule has 18 heavy (non-hydrogen) atoms. The molecular formula is C12H19N3O2S. The van der Waals surface area contributed by atoms with Crippen molar-refractivity contribution in [2.75, 3.05) is 18.4 Å². The predicted molar refractivity (Wildman–Crippen MR) is 72.5 cm³/mol. The molecule has 1 heterocycles.